The van der Waals surface area contributed by atoms with Crippen LogP contribution in [0.2, 0.25) is 0 Å². The van der Waals surface area contributed by atoms with Crippen LogP contribution in [-0.4, -0.2) is 31.5 Å². The van der Waals surface area contributed by atoms with Crippen molar-refractivity contribution in [1.29, 1.82) is 0 Å². The standard InChI is InChI=1S/C14H18N2O3/c1-3-9-15-13(17)10-16-14(18)11-7-5-6-8-12(11)19-4-2/h3,5-8H,1,4,9-10H2,2H3,(H,15,17)(H,16,18). The van der Waals surface area contributed by atoms with Crippen LogP contribution < -0.4 is 15.4 Å². The van der Waals surface area contributed by atoms with Gasteiger partial charge in [-0.05, 0) is 19.1 Å². The highest BCUT2D eigenvalue weighted by Gasteiger charge is 2.12. The molecule has 0 radical (unpaired) electrons. The molecule has 5 heteroatoms. The zero-order valence-electron chi connectivity index (χ0n) is 10.9. The maximum atomic E-state index is 11.9. The second-order valence-corrected chi connectivity index (χ2v) is 3.70. The third-order valence-electron chi connectivity index (χ3n) is 2.28. The molecule has 2 amide bonds. The predicted molar refractivity (Wildman–Crippen MR) is 73.2 cm³/mol. The lowest BCUT2D eigenvalue weighted by Gasteiger charge is -2.10. The van der Waals surface area contributed by atoms with Gasteiger partial charge in [0, 0.05) is 6.54 Å². The van der Waals surface area contributed by atoms with Crippen LogP contribution in [0.15, 0.2) is 36.9 Å². The molecule has 0 aliphatic heterocycles. The minimum atomic E-state index is -0.335. The van der Waals surface area contributed by atoms with Crippen molar-refractivity contribution in [2.45, 2.75) is 6.92 Å². The fraction of sp³-hybridized carbons (Fsp3) is 0.286. The van der Waals surface area contributed by atoms with Crippen molar-refractivity contribution in [3.8, 4) is 5.75 Å². The van der Waals surface area contributed by atoms with Crippen LogP contribution in [0.4, 0.5) is 0 Å². The lowest BCUT2D eigenvalue weighted by atomic mass is 10.2. The van der Waals surface area contributed by atoms with Gasteiger partial charge in [-0.2, -0.15) is 0 Å². The molecule has 0 heterocycles. The summed E-state index contributed by atoms with van der Waals surface area (Å²) in [5.41, 5.74) is 0.417. The van der Waals surface area contributed by atoms with E-state index < -0.39 is 0 Å². The molecule has 0 aliphatic carbocycles. The summed E-state index contributed by atoms with van der Waals surface area (Å²) in [7, 11) is 0. The minimum absolute atomic E-state index is 0.0763. The molecule has 0 unspecified atom stereocenters. The molecule has 1 rings (SSSR count). The van der Waals surface area contributed by atoms with Gasteiger partial charge < -0.3 is 15.4 Å². The average molecular weight is 262 g/mol. The van der Waals surface area contributed by atoms with Gasteiger partial charge in [-0.3, -0.25) is 9.59 Å². The van der Waals surface area contributed by atoms with Crippen LogP contribution in [0.3, 0.4) is 0 Å². The highest BCUT2D eigenvalue weighted by molar-refractivity contribution is 5.98. The van der Waals surface area contributed by atoms with E-state index in [1.807, 2.05) is 6.92 Å². The van der Waals surface area contributed by atoms with Gasteiger partial charge in [0.05, 0.1) is 18.7 Å². The molecule has 102 valence electrons. The number of rotatable bonds is 7. The quantitative estimate of drug-likeness (QED) is 0.723. The Morgan fingerprint density at radius 3 is 2.74 bits per heavy atom. The number of nitrogens with one attached hydrogen (secondary N) is 2. The Hall–Kier alpha value is -2.30. The van der Waals surface area contributed by atoms with Gasteiger partial charge in [-0.25, -0.2) is 0 Å². The van der Waals surface area contributed by atoms with Crippen molar-refractivity contribution in [1.82, 2.24) is 10.6 Å². The maximum Gasteiger partial charge on any atom is 0.255 e. The van der Waals surface area contributed by atoms with Crippen LogP contribution in [0.25, 0.3) is 0 Å². The number of ether oxygens (including phenoxy) is 1. The number of amides is 2. The zero-order valence-corrected chi connectivity index (χ0v) is 10.9. The monoisotopic (exact) mass is 262 g/mol. The van der Waals surface area contributed by atoms with E-state index in [9.17, 15) is 9.59 Å². The predicted octanol–water partition coefficient (Wildman–Crippen LogP) is 1.12. The highest BCUT2D eigenvalue weighted by Crippen LogP contribution is 2.17. The van der Waals surface area contributed by atoms with E-state index in [-0.39, 0.29) is 18.4 Å². The lowest BCUT2D eigenvalue weighted by Crippen LogP contribution is -2.37. The zero-order chi connectivity index (χ0) is 14.1. The summed E-state index contributed by atoms with van der Waals surface area (Å²) in [5, 5.41) is 5.12. The van der Waals surface area contributed by atoms with Gasteiger partial charge in [-0.15, -0.1) is 6.58 Å². The first-order valence-electron chi connectivity index (χ1n) is 6.06. The summed E-state index contributed by atoms with van der Waals surface area (Å²) in [4.78, 5) is 23.3. The van der Waals surface area contributed by atoms with Crippen molar-refractivity contribution in [2.75, 3.05) is 19.7 Å². The summed E-state index contributed by atoms with van der Waals surface area (Å²) in [6, 6.07) is 6.91. The summed E-state index contributed by atoms with van der Waals surface area (Å²) in [6.07, 6.45) is 1.57. The van der Waals surface area contributed by atoms with E-state index in [1.165, 1.54) is 0 Å². The normalized spacial score (nSPS) is 9.53. The Labute approximate surface area is 112 Å². The number of hydrogen-bond acceptors (Lipinski definition) is 3. The van der Waals surface area contributed by atoms with E-state index in [0.29, 0.717) is 24.5 Å². The van der Waals surface area contributed by atoms with Gasteiger partial charge in [0.1, 0.15) is 5.75 Å². The summed E-state index contributed by atoms with van der Waals surface area (Å²) in [5.74, 6) is -0.0889. The Morgan fingerprint density at radius 2 is 2.05 bits per heavy atom. The second-order valence-electron chi connectivity index (χ2n) is 3.70. The van der Waals surface area contributed by atoms with Crippen LogP contribution in [0, 0.1) is 0 Å². The smallest absolute Gasteiger partial charge is 0.255 e. The SMILES string of the molecule is C=CCNC(=O)CNC(=O)c1ccccc1OCC. The third kappa shape index (κ3) is 4.83. The molecule has 2 N–H and O–H groups in total. The van der Waals surface area contributed by atoms with Gasteiger partial charge in [0.25, 0.3) is 5.91 Å². The number of benzene rings is 1. The van der Waals surface area contributed by atoms with Gasteiger partial charge in [-0.1, -0.05) is 18.2 Å². The van der Waals surface area contributed by atoms with Crippen molar-refractivity contribution >= 4 is 11.8 Å². The van der Waals surface area contributed by atoms with Crippen LogP contribution in [-0.2, 0) is 4.79 Å². The Bertz CT molecular complexity index is 458. The number of carbonyl (C=O) groups is 2. The second kappa shape index (κ2) is 7.92. The molecule has 5 nitrogen and oxygen atoms in total. The number of carbonyl (C=O) groups excluding carboxylic acids is 2. The molecule has 0 spiro atoms. The number of para-hydroxylation sites is 1. The lowest BCUT2D eigenvalue weighted by molar-refractivity contribution is -0.119. The average Bonchev–Trinajstić information content (AvgIpc) is 2.43. The van der Waals surface area contributed by atoms with E-state index in [2.05, 4.69) is 17.2 Å². The molecule has 1 aromatic carbocycles. The fourth-order valence-electron chi connectivity index (χ4n) is 1.44. The first-order valence-corrected chi connectivity index (χ1v) is 6.06. The molecule has 0 saturated carbocycles. The van der Waals surface area contributed by atoms with Crippen LogP contribution in [0.1, 0.15) is 17.3 Å². The topological polar surface area (TPSA) is 67.4 Å². The molecular weight excluding hydrogens is 244 g/mol. The highest BCUT2D eigenvalue weighted by atomic mass is 16.5. The van der Waals surface area contributed by atoms with E-state index >= 15 is 0 Å². The molecule has 0 fully saturated rings. The molecule has 0 aromatic heterocycles. The van der Waals surface area contributed by atoms with Crippen molar-refractivity contribution in [3.63, 3.8) is 0 Å². The summed E-state index contributed by atoms with van der Waals surface area (Å²) < 4.78 is 5.36. The van der Waals surface area contributed by atoms with Gasteiger partial charge >= 0.3 is 0 Å². The minimum Gasteiger partial charge on any atom is -0.493 e. The molecular formula is C14H18N2O3. The van der Waals surface area contributed by atoms with E-state index in [4.69, 9.17) is 4.74 Å². The Balaban J connectivity index is 2.58. The Kier molecular flexibility index (Phi) is 6.15. The molecule has 0 atom stereocenters. The Morgan fingerprint density at radius 1 is 1.32 bits per heavy atom. The largest absolute Gasteiger partial charge is 0.493 e. The first-order chi connectivity index (χ1) is 9.19. The van der Waals surface area contributed by atoms with E-state index in [1.54, 1.807) is 30.3 Å². The molecule has 19 heavy (non-hydrogen) atoms. The molecule has 0 saturated heterocycles. The van der Waals surface area contributed by atoms with Gasteiger partial charge in [0.15, 0.2) is 0 Å². The van der Waals surface area contributed by atoms with Crippen molar-refractivity contribution in [3.05, 3.63) is 42.5 Å². The maximum absolute atomic E-state index is 11.9. The molecule has 0 aliphatic rings. The third-order valence-corrected chi connectivity index (χ3v) is 2.28. The van der Waals surface area contributed by atoms with Crippen LogP contribution >= 0.6 is 0 Å². The fourth-order valence-corrected chi connectivity index (χ4v) is 1.44. The summed E-state index contributed by atoms with van der Waals surface area (Å²) >= 11 is 0. The molecule has 0 bridgehead atoms. The first kappa shape index (κ1) is 14.8. The van der Waals surface area contributed by atoms with E-state index in [0.717, 1.165) is 0 Å². The van der Waals surface area contributed by atoms with Crippen molar-refractivity contribution in [2.24, 2.45) is 0 Å². The number of hydrogen-bond donors (Lipinski definition) is 2. The van der Waals surface area contributed by atoms with Gasteiger partial charge in [0.2, 0.25) is 5.91 Å². The summed E-state index contributed by atoms with van der Waals surface area (Å²) in [6.45, 7) is 6.11. The molecule has 1 aromatic rings. The van der Waals surface area contributed by atoms with Crippen molar-refractivity contribution < 1.29 is 14.3 Å². The van der Waals surface area contributed by atoms with Crippen LogP contribution in [0.5, 0.6) is 5.75 Å².